The molecule has 0 saturated heterocycles. The summed E-state index contributed by atoms with van der Waals surface area (Å²) in [5.41, 5.74) is 6.12. The predicted molar refractivity (Wildman–Crippen MR) is 77.5 cm³/mol. The van der Waals surface area contributed by atoms with Crippen molar-refractivity contribution in [3.63, 3.8) is 0 Å². The fourth-order valence-corrected chi connectivity index (χ4v) is 3.66. The molecule has 0 radical (unpaired) electrons. The van der Waals surface area contributed by atoms with Crippen molar-refractivity contribution in [2.75, 3.05) is 20.8 Å². The van der Waals surface area contributed by atoms with E-state index in [4.69, 9.17) is 10.5 Å². The zero-order chi connectivity index (χ0) is 13.0. The molecule has 0 fully saturated rings. The molecule has 0 bridgehead atoms. The first kappa shape index (κ1) is 15.1. The lowest BCUT2D eigenvalue weighted by molar-refractivity contribution is 0.0830. The minimum Gasteiger partial charge on any atom is -0.383 e. The standard InChI is InChI=1S/C12H21BrN2OS/c1-8(6-16-4)15(3)12(9(2)14)11-5-10(13)7-17-11/h5,7-9,12H,6,14H2,1-4H3. The SMILES string of the molecule is COCC(C)N(C)C(c1cc(Br)cs1)C(C)N. The van der Waals surface area contributed by atoms with E-state index in [1.54, 1.807) is 18.4 Å². The van der Waals surface area contributed by atoms with Crippen molar-refractivity contribution in [2.45, 2.75) is 32.0 Å². The molecule has 0 aliphatic heterocycles. The first-order chi connectivity index (χ1) is 7.97. The highest BCUT2D eigenvalue weighted by atomic mass is 79.9. The predicted octanol–water partition coefficient (Wildman–Crippen LogP) is 2.87. The molecule has 3 atom stereocenters. The van der Waals surface area contributed by atoms with Crippen LogP contribution in [0.3, 0.4) is 0 Å². The molecule has 0 saturated carbocycles. The molecule has 98 valence electrons. The summed E-state index contributed by atoms with van der Waals surface area (Å²) >= 11 is 5.23. The average molecular weight is 321 g/mol. The fraction of sp³-hybridized carbons (Fsp3) is 0.667. The molecule has 5 heteroatoms. The third-order valence-electron chi connectivity index (χ3n) is 2.92. The number of methoxy groups -OCH3 is 1. The summed E-state index contributed by atoms with van der Waals surface area (Å²) < 4.78 is 6.33. The van der Waals surface area contributed by atoms with Crippen molar-refractivity contribution in [1.82, 2.24) is 4.90 Å². The van der Waals surface area contributed by atoms with Crippen LogP contribution in [0.2, 0.25) is 0 Å². The van der Waals surface area contributed by atoms with E-state index in [1.165, 1.54) is 4.88 Å². The highest BCUT2D eigenvalue weighted by Crippen LogP contribution is 2.31. The van der Waals surface area contributed by atoms with Crippen molar-refractivity contribution in [3.05, 3.63) is 20.8 Å². The summed E-state index contributed by atoms with van der Waals surface area (Å²) in [5, 5.41) is 2.10. The molecule has 1 aromatic rings. The van der Waals surface area contributed by atoms with Crippen LogP contribution >= 0.6 is 27.3 Å². The Morgan fingerprint density at radius 1 is 1.53 bits per heavy atom. The molecule has 0 aliphatic rings. The monoisotopic (exact) mass is 320 g/mol. The number of rotatable bonds is 6. The van der Waals surface area contributed by atoms with Crippen LogP contribution in [0.4, 0.5) is 0 Å². The van der Waals surface area contributed by atoms with Gasteiger partial charge in [0.15, 0.2) is 0 Å². The van der Waals surface area contributed by atoms with Gasteiger partial charge in [0.25, 0.3) is 0 Å². The minimum absolute atomic E-state index is 0.0878. The summed E-state index contributed by atoms with van der Waals surface area (Å²) in [5.74, 6) is 0. The lowest BCUT2D eigenvalue weighted by atomic mass is 10.1. The molecular formula is C12H21BrN2OS. The van der Waals surface area contributed by atoms with E-state index in [2.05, 4.69) is 46.2 Å². The second-order valence-electron chi connectivity index (χ2n) is 4.44. The summed E-state index contributed by atoms with van der Waals surface area (Å²) in [7, 11) is 3.83. The molecule has 1 heterocycles. The van der Waals surface area contributed by atoms with E-state index >= 15 is 0 Å². The van der Waals surface area contributed by atoms with Gasteiger partial charge in [-0.25, -0.2) is 0 Å². The Kier molecular flexibility index (Phi) is 6.09. The number of hydrogen-bond donors (Lipinski definition) is 1. The lowest BCUT2D eigenvalue weighted by Gasteiger charge is -2.34. The number of hydrogen-bond acceptors (Lipinski definition) is 4. The topological polar surface area (TPSA) is 38.5 Å². The van der Waals surface area contributed by atoms with Crippen LogP contribution in [0, 0.1) is 0 Å². The van der Waals surface area contributed by atoms with Gasteiger partial charge in [-0.15, -0.1) is 11.3 Å². The maximum Gasteiger partial charge on any atom is 0.0615 e. The van der Waals surface area contributed by atoms with Gasteiger partial charge >= 0.3 is 0 Å². The molecule has 1 rings (SSSR count). The van der Waals surface area contributed by atoms with Gasteiger partial charge < -0.3 is 10.5 Å². The van der Waals surface area contributed by atoms with E-state index in [0.717, 1.165) is 4.47 Å². The van der Waals surface area contributed by atoms with E-state index in [0.29, 0.717) is 12.6 Å². The van der Waals surface area contributed by atoms with Crippen LogP contribution < -0.4 is 5.73 Å². The molecule has 3 unspecified atom stereocenters. The van der Waals surface area contributed by atoms with Gasteiger partial charge in [0, 0.05) is 33.9 Å². The Balaban J connectivity index is 2.86. The maximum absolute atomic E-state index is 6.12. The Morgan fingerprint density at radius 3 is 2.59 bits per heavy atom. The third-order valence-corrected chi connectivity index (χ3v) is 4.68. The Bertz CT molecular complexity index is 343. The van der Waals surface area contributed by atoms with Gasteiger partial charge in [-0.1, -0.05) is 0 Å². The van der Waals surface area contributed by atoms with Crippen molar-refractivity contribution in [2.24, 2.45) is 5.73 Å². The summed E-state index contributed by atoms with van der Waals surface area (Å²) in [6, 6.07) is 2.81. The molecule has 1 aromatic heterocycles. The average Bonchev–Trinajstić information content (AvgIpc) is 2.64. The first-order valence-corrected chi connectivity index (χ1v) is 7.35. The number of halogens is 1. The van der Waals surface area contributed by atoms with Gasteiger partial charge in [-0.2, -0.15) is 0 Å². The van der Waals surface area contributed by atoms with Crippen LogP contribution in [-0.4, -0.2) is 37.7 Å². The van der Waals surface area contributed by atoms with Gasteiger partial charge in [0.05, 0.1) is 12.6 Å². The number of likely N-dealkylation sites (N-methyl/N-ethyl adjacent to an activating group) is 1. The van der Waals surface area contributed by atoms with Crippen molar-refractivity contribution < 1.29 is 4.74 Å². The zero-order valence-electron chi connectivity index (χ0n) is 10.8. The second-order valence-corrected chi connectivity index (χ2v) is 6.30. The van der Waals surface area contributed by atoms with Gasteiger partial charge in [0.1, 0.15) is 0 Å². The van der Waals surface area contributed by atoms with E-state index in [1.807, 2.05) is 6.92 Å². The summed E-state index contributed by atoms with van der Waals surface area (Å²) in [4.78, 5) is 3.57. The van der Waals surface area contributed by atoms with E-state index in [-0.39, 0.29) is 12.1 Å². The lowest BCUT2D eigenvalue weighted by Crippen LogP contribution is -2.43. The first-order valence-electron chi connectivity index (χ1n) is 5.67. The van der Waals surface area contributed by atoms with Gasteiger partial charge in [-0.05, 0) is 42.9 Å². The second kappa shape index (κ2) is 6.85. The number of nitrogens with two attached hydrogens (primary N) is 1. The van der Waals surface area contributed by atoms with Crippen molar-refractivity contribution in [3.8, 4) is 0 Å². The number of ether oxygens (including phenoxy) is 1. The highest BCUT2D eigenvalue weighted by Gasteiger charge is 2.26. The number of nitrogens with zero attached hydrogens (tertiary/aromatic N) is 1. The van der Waals surface area contributed by atoms with Crippen LogP contribution in [0.25, 0.3) is 0 Å². The molecule has 0 aromatic carbocycles. The van der Waals surface area contributed by atoms with Gasteiger partial charge in [-0.3, -0.25) is 4.90 Å². The molecule has 0 aliphatic carbocycles. The van der Waals surface area contributed by atoms with Crippen LogP contribution in [0.1, 0.15) is 24.8 Å². The number of thiophene rings is 1. The summed E-state index contributed by atoms with van der Waals surface area (Å²) in [6.07, 6.45) is 0. The third kappa shape index (κ3) is 4.03. The Labute approximate surface area is 116 Å². The van der Waals surface area contributed by atoms with Crippen molar-refractivity contribution in [1.29, 1.82) is 0 Å². The minimum atomic E-state index is 0.0878. The molecule has 0 spiro atoms. The molecular weight excluding hydrogens is 300 g/mol. The van der Waals surface area contributed by atoms with E-state index < -0.39 is 0 Å². The molecule has 0 amide bonds. The molecule has 3 nitrogen and oxygen atoms in total. The summed E-state index contributed by atoms with van der Waals surface area (Å²) in [6.45, 7) is 4.92. The molecule has 2 N–H and O–H groups in total. The normalized spacial score (nSPS) is 17.1. The van der Waals surface area contributed by atoms with Crippen LogP contribution in [0.5, 0.6) is 0 Å². The Hall–Kier alpha value is 0.0600. The van der Waals surface area contributed by atoms with E-state index in [9.17, 15) is 0 Å². The smallest absolute Gasteiger partial charge is 0.0615 e. The molecule has 17 heavy (non-hydrogen) atoms. The maximum atomic E-state index is 6.12. The van der Waals surface area contributed by atoms with Gasteiger partial charge in [0.2, 0.25) is 0 Å². The highest BCUT2D eigenvalue weighted by molar-refractivity contribution is 9.10. The largest absolute Gasteiger partial charge is 0.383 e. The zero-order valence-corrected chi connectivity index (χ0v) is 13.2. The van der Waals surface area contributed by atoms with Crippen LogP contribution in [0.15, 0.2) is 15.9 Å². The van der Waals surface area contributed by atoms with Crippen molar-refractivity contribution >= 4 is 27.3 Å². The quantitative estimate of drug-likeness (QED) is 0.876. The van der Waals surface area contributed by atoms with Crippen LogP contribution in [-0.2, 0) is 4.74 Å². The fourth-order valence-electron chi connectivity index (χ4n) is 1.95. The Morgan fingerprint density at radius 2 is 2.18 bits per heavy atom.